The number of hydrogen-bond donors (Lipinski definition) is 1. The first-order chi connectivity index (χ1) is 15.9. The van der Waals surface area contributed by atoms with E-state index in [1.165, 1.54) is 5.56 Å². The van der Waals surface area contributed by atoms with Crippen molar-refractivity contribution in [2.75, 3.05) is 19.0 Å². The molecule has 1 aliphatic carbocycles. The summed E-state index contributed by atoms with van der Waals surface area (Å²) in [6.07, 6.45) is 6.71. The highest BCUT2D eigenvalue weighted by atomic mass is 16.2. The first-order valence-electron chi connectivity index (χ1n) is 11.9. The molecule has 2 fully saturated rings. The van der Waals surface area contributed by atoms with Crippen LogP contribution in [0.5, 0.6) is 0 Å². The van der Waals surface area contributed by atoms with Crippen LogP contribution in [-0.2, 0) is 5.54 Å². The van der Waals surface area contributed by atoms with Gasteiger partial charge in [-0.15, -0.1) is 0 Å². The average Bonchev–Trinajstić information content (AvgIpc) is 3.32. The lowest BCUT2D eigenvalue weighted by molar-refractivity contribution is 0.0941. The molecule has 5 rings (SSSR count). The Hall–Kier alpha value is -3.12. The lowest BCUT2D eigenvalue weighted by Gasteiger charge is -2.44. The number of aromatic nitrogens is 1. The van der Waals surface area contributed by atoms with E-state index in [1.807, 2.05) is 35.4 Å². The monoisotopic (exact) mass is 444 g/mol. The molecule has 1 saturated carbocycles. The number of carbonyl (C=O) groups is 2. The summed E-state index contributed by atoms with van der Waals surface area (Å²) in [5.74, 6) is -0.0510. The van der Waals surface area contributed by atoms with Crippen LogP contribution in [0.15, 0.2) is 60.8 Å². The molecule has 6 heteroatoms. The third kappa shape index (κ3) is 3.53. The van der Waals surface area contributed by atoms with Crippen LogP contribution in [-0.4, -0.2) is 47.6 Å². The summed E-state index contributed by atoms with van der Waals surface area (Å²) in [5, 5.41) is 4.22. The molecular weight excluding hydrogens is 412 g/mol. The van der Waals surface area contributed by atoms with Crippen LogP contribution in [0.25, 0.3) is 10.9 Å². The van der Waals surface area contributed by atoms with E-state index in [1.54, 1.807) is 11.5 Å². The first-order valence-corrected chi connectivity index (χ1v) is 11.9. The number of para-hydroxylation sites is 1. The number of urea groups is 1. The highest BCUT2D eigenvalue weighted by molar-refractivity contribution is 6.07. The zero-order valence-corrected chi connectivity index (χ0v) is 19.6. The van der Waals surface area contributed by atoms with Gasteiger partial charge in [-0.05, 0) is 57.8 Å². The summed E-state index contributed by atoms with van der Waals surface area (Å²) >= 11 is 0. The lowest BCUT2D eigenvalue weighted by Crippen LogP contribution is -2.46. The number of benzene rings is 2. The van der Waals surface area contributed by atoms with E-state index in [-0.39, 0.29) is 29.6 Å². The first kappa shape index (κ1) is 21.7. The smallest absolute Gasteiger partial charge is 0.322 e. The Bertz CT molecular complexity index is 1190. The highest BCUT2D eigenvalue weighted by Gasteiger charge is 2.45. The molecule has 0 radical (unpaired) electrons. The predicted molar refractivity (Wildman–Crippen MR) is 132 cm³/mol. The molecule has 0 spiro atoms. The van der Waals surface area contributed by atoms with Gasteiger partial charge in [0, 0.05) is 24.0 Å². The van der Waals surface area contributed by atoms with Crippen LogP contribution in [0.3, 0.4) is 0 Å². The van der Waals surface area contributed by atoms with Crippen molar-refractivity contribution >= 4 is 28.5 Å². The molecule has 0 bridgehead atoms. The second-order valence-electron chi connectivity index (χ2n) is 9.64. The molecule has 172 valence electrons. The van der Waals surface area contributed by atoms with Crippen molar-refractivity contribution in [3.63, 3.8) is 0 Å². The minimum Gasteiger partial charge on any atom is -0.333 e. The Kier molecular flexibility index (Phi) is 5.49. The maximum absolute atomic E-state index is 13.3. The lowest BCUT2D eigenvalue weighted by atomic mass is 9.75. The molecular formula is C27H32N4O2. The number of amides is 2. The molecule has 2 aliphatic rings. The molecule has 33 heavy (non-hydrogen) atoms. The molecule has 1 saturated heterocycles. The molecule has 3 atom stereocenters. The molecule has 2 heterocycles. The maximum Gasteiger partial charge on any atom is 0.322 e. The van der Waals surface area contributed by atoms with Gasteiger partial charge in [-0.2, -0.15) is 0 Å². The molecule has 1 N–H and O–H groups in total. The summed E-state index contributed by atoms with van der Waals surface area (Å²) in [6.45, 7) is 1.56. The van der Waals surface area contributed by atoms with E-state index in [9.17, 15) is 9.59 Å². The van der Waals surface area contributed by atoms with Gasteiger partial charge in [0.2, 0.25) is 5.91 Å². The van der Waals surface area contributed by atoms with Crippen molar-refractivity contribution in [1.29, 1.82) is 0 Å². The third-order valence-electron chi connectivity index (χ3n) is 7.74. The molecule has 3 aromatic rings. The van der Waals surface area contributed by atoms with Crippen LogP contribution in [0.1, 0.15) is 49.4 Å². The van der Waals surface area contributed by atoms with E-state index < -0.39 is 0 Å². The predicted octanol–water partition coefficient (Wildman–Crippen LogP) is 4.99. The normalized spacial score (nSPS) is 25.6. The molecule has 2 aromatic carbocycles. The number of hydrogen-bond acceptors (Lipinski definition) is 3. The van der Waals surface area contributed by atoms with Gasteiger partial charge in [0.25, 0.3) is 0 Å². The fourth-order valence-corrected chi connectivity index (χ4v) is 6.02. The van der Waals surface area contributed by atoms with Gasteiger partial charge in [0.05, 0.1) is 23.3 Å². The zero-order chi connectivity index (χ0) is 23.2. The molecule has 1 aromatic heterocycles. The van der Waals surface area contributed by atoms with Crippen LogP contribution in [0, 0.1) is 0 Å². The van der Waals surface area contributed by atoms with Crippen LogP contribution in [0.4, 0.5) is 10.5 Å². The van der Waals surface area contributed by atoms with Crippen molar-refractivity contribution in [1.82, 2.24) is 14.8 Å². The summed E-state index contributed by atoms with van der Waals surface area (Å²) < 4.78 is 1.65. The fourth-order valence-electron chi connectivity index (χ4n) is 6.02. The van der Waals surface area contributed by atoms with E-state index in [2.05, 4.69) is 54.6 Å². The SMILES string of the molecule is CC(=O)n1cc(N2C(=O)N[C@H]3CC[C@](c4ccccc4)(N(C)C)CCCC32)c2ccccc21. The van der Waals surface area contributed by atoms with Gasteiger partial charge in [-0.25, -0.2) is 4.79 Å². The molecule has 1 unspecified atom stereocenters. The Balaban J connectivity index is 1.48. The fraction of sp³-hybridized carbons (Fsp3) is 0.407. The number of anilines is 1. The minimum absolute atomic E-state index is 0.0327. The largest absolute Gasteiger partial charge is 0.333 e. The Morgan fingerprint density at radius 1 is 1.03 bits per heavy atom. The minimum atomic E-state index is -0.0616. The van der Waals surface area contributed by atoms with Crippen LogP contribution in [0.2, 0.25) is 0 Å². The van der Waals surface area contributed by atoms with Crippen molar-refractivity contribution < 1.29 is 9.59 Å². The Labute approximate surface area is 195 Å². The van der Waals surface area contributed by atoms with Gasteiger partial charge < -0.3 is 5.32 Å². The van der Waals surface area contributed by atoms with Crippen molar-refractivity contribution in [2.45, 2.75) is 56.7 Å². The second kappa shape index (κ2) is 8.34. The molecule has 1 aliphatic heterocycles. The van der Waals surface area contributed by atoms with E-state index in [4.69, 9.17) is 0 Å². The van der Waals surface area contributed by atoms with Crippen LogP contribution >= 0.6 is 0 Å². The van der Waals surface area contributed by atoms with Crippen molar-refractivity contribution in [3.05, 3.63) is 66.4 Å². The van der Waals surface area contributed by atoms with E-state index in [0.717, 1.165) is 48.7 Å². The topological polar surface area (TPSA) is 57.6 Å². The van der Waals surface area contributed by atoms with E-state index >= 15 is 0 Å². The number of carbonyl (C=O) groups excluding carboxylic acids is 2. The Morgan fingerprint density at radius 3 is 2.48 bits per heavy atom. The van der Waals surface area contributed by atoms with Crippen LogP contribution < -0.4 is 10.2 Å². The number of rotatable bonds is 3. The van der Waals surface area contributed by atoms with Crippen molar-refractivity contribution in [2.24, 2.45) is 0 Å². The summed E-state index contributed by atoms with van der Waals surface area (Å²) in [7, 11) is 4.34. The van der Waals surface area contributed by atoms with Gasteiger partial charge in [0.15, 0.2) is 0 Å². The van der Waals surface area contributed by atoms with Gasteiger partial charge in [-0.1, -0.05) is 48.5 Å². The average molecular weight is 445 g/mol. The Morgan fingerprint density at radius 2 is 1.76 bits per heavy atom. The standard InChI is InChI=1S/C27H32N4O2/c1-19(32)30-18-25(21-12-7-8-13-23(21)30)31-24-14-9-16-27(29(2)3,20-10-5-4-6-11-20)17-15-22(24)28-26(31)33/h4-8,10-13,18,22,24H,9,14-17H2,1-3H3,(H,28,33)/t22-,24?,27+/m0/s1. The van der Waals surface area contributed by atoms with E-state index in [0.29, 0.717) is 0 Å². The summed E-state index contributed by atoms with van der Waals surface area (Å²) in [4.78, 5) is 29.8. The second-order valence-corrected chi connectivity index (χ2v) is 9.64. The molecule has 2 amide bonds. The maximum atomic E-state index is 13.3. The van der Waals surface area contributed by atoms with Gasteiger partial charge in [-0.3, -0.25) is 19.2 Å². The van der Waals surface area contributed by atoms with Gasteiger partial charge in [0.1, 0.15) is 0 Å². The van der Waals surface area contributed by atoms with Gasteiger partial charge >= 0.3 is 6.03 Å². The molecule has 6 nitrogen and oxygen atoms in total. The highest BCUT2D eigenvalue weighted by Crippen LogP contribution is 2.42. The summed E-state index contributed by atoms with van der Waals surface area (Å²) in [5.41, 5.74) is 2.99. The third-order valence-corrected chi connectivity index (χ3v) is 7.74. The zero-order valence-electron chi connectivity index (χ0n) is 19.6. The quantitative estimate of drug-likeness (QED) is 0.619. The number of fused-ring (bicyclic) bond motifs is 2. The number of nitrogens with zero attached hydrogens (tertiary/aromatic N) is 3. The number of nitrogens with one attached hydrogen (secondary N) is 1. The van der Waals surface area contributed by atoms with Crippen molar-refractivity contribution in [3.8, 4) is 0 Å². The summed E-state index contributed by atoms with van der Waals surface area (Å²) in [6, 6.07) is 18.7.